The molecular weight excluding hydrogens is 256 g/mol. The molecular formula is C15H14N2O3. The second-order valence-electron chi connectivity index (χ2n) is 4.52. The van der Waals surface area contributed by atoms with Gasteiger partial charge in [-0.25, -0.2) is 0 Å². The van der Waals surface area contributed by atoms with Crippen LogP contribution < -0.4 is 5.32 Å². The highest BCUT2D eigenvalue weighted by molar-refractivity contribution is 5.95. The highest BCUT2D eigenvalue weighted by Crippen LogP contribution is 2.25. The fraction of sp³-hybridized carbons (Fsp3) is 0.133. The van der Waals surface area contributed by atoms with E-state index >= 15 is 0 Å². The van der Waals surface area contributed by atoms with E-state index in [1.54, 1.807) is 31.2 Å². The fourth-order valence-electron chi connectivity index (χ4n) is 1.87. The predicted molar refractivity (Wildman–Crippen MR) is 77.6 cm³/mol. The van der Waals surface area contributed by atoms with Crippen molar-refractivity contribution >= 4 is 22.8 Å². The van der Waals surface area contributed by atoms with Crippen LogP contribution in [0.25, 0.3) is 0 Å². The van der Waals surface area contributed by atoms with Crippen molar-refractivity contribution in [3.05, 3.63) is 63.7 Å². The van der Waals surface area contributed by atoms with Crippen molar-refractivity contribution in [2.24, 2.45) is 0 Å². The number of nitro groups is 1. The smallest absolute Gasteiger partial charge is 0.269 e. The summed E-state index contributed by atoms with van der Waals surface area (Å²) < 4.78 is 0. The van der Waals surface area contributed by atoms with Crippen LogP contribution in [-0.2, 0) is 0 Å². The van der Waals surface area contributed by atoms with Gasteiger partial charge in [-0.15, -0.1) is 0 Å². The molecule has 5 heteroatoms. The van der Waals surface area contributed by atoms with E-state index in [-0.39, 0.29) is 11.5 Å². The molecule has 2 aromatic rings. The van der Waals surface area contributed by atoms with Gasteiger partial charge < -0.3 is 5.32 Å². The lowest BCUT2D eigenvalue weighted by atomic mass is 10.1. The first-order valence-corrected chi connectivity index (χ1v) is 6.10. The van der Waals surface area contributed by atoms with Gasteiger partial charge in [-0.3, -0.25) is 14.9 Å². The van der Waals surface area contributed by atoms with Crippen LogP contribution in [0, 0.1) is 17.0 Å². The Kier molecular flexibility index (Phi) is 3.79. The van der Waals surface area contributed by atoms with E-state index in [2.05, 4.69) is 5.32 Å². The molecule has 0 fully saturated rings. The number of anilines is 2. The topological polar surface area (TPSA) is 72.2 Å². The molecule has 1 N–H and O–H groups in total. The number of carbonyl (C=O) groups excluding carboxylic acids is 1. The van der Waals surface area contributed by atoms with E-state index in [1.807, 2.05) is 6.07 Å². The zero-order chi connectivity index (χ0) is 14.7. The first-order chi connectivity index (χ1) is 9.47. The summed E-state index contributed by atoms with van der Waals surface area (Å²) in [4.78, 5) is 21.6. The van der Waals surface area contributed by atoms with E-state index < -0.39 is 4.92 Å². The Bertz CT molecular complexity index is 681. The third-order valence-electron chi connectivity index (χ3n) is 2.97. The van der Waals surface area contributed by atoms with Crippen LogP contribution in [0.4, 0.5) is 17.1 Å². The van der Waals surface area contributed by atoms with Gasteiger partial charge in [0.2, 0.25) is 0 Å². The molecule has 0 spiro atoms. The van der Waals surface area contributed by atoms with Crippen molar-refractivity contribution in [2.45, 2.75) is 13.8 Å². The standard InChI is InChI=1S/C15H14N2O3/c1-10-8-14(17(19)20)6-7-15(10)16-13-5-3-4-12(9-13)11(2)18/h3-9,16H,1-2H3. The number of aryl methyl sites for hydroxylation is 1. The zero-order valence-corrected chi connectivity index (χ0v) is 11.2. The molecule has 0 atom stereocenters. The highest BCUT2D eigenvalue weighted by Gasteiger charge is 2.08. The summed E-state index contributed by atoms with van der Waals surface area (Å²) in [5.41, 5.74) is 3.00. The summed E-state index contributed by atoms with van der Waals surface area (Å²) in [6.45, 7) is 3.31. The molecule has 0 aliphatic carbocycles. The molecule has 0 aliphatic rings. The van der Waals surface area contributed by atoms with Gasteiger partial charge in [0.25, 0.3) is 5.69 Å². The van der Waals surface area contributed by atoms with E-state index in [0.29, 0.717) is 5.56 Å². The Hall–Kier alpha value is -2.69. The number of nitrogens with zero attached hydrogens (tertiary/aromatic N) is 1. The minimum atomic E-state index is -0.423. The van der Waals surface area contributed by atoms with Crippen molar-refractivity contribution < 1.29 is 9.72 Å². The lowest BCUT2D eigenvalue weighted by Gasteiger charge is -2.10. The van der Waals surface area contributed by atoms with Crippen LogP contribution in [0.2, 0.25) is 0 Å². The number of nitrogens with one attached hydrogen (secondary N) is 1. The summed E-state index contributed by atoms with van der Waals surface area (Å²) in [5.74, 6) is -0.00549. The molecule has 20 heavy (non-hydrogen) atoms. The third-order valence-corrected chi connectivity index (χ3v) is 2.97. The molecule has 2 aromatic carbocycles. The van der Waals surface area contributed by atoms with Gasteiger partial charge in [-0.1, -0.05) is 12.1 Å². The normalized spacial score (nSPS) is 10.1. The molecule has 0 aromatic heterocycles. The molecule has 0 heterocycles. The lowest BCUT2D eigenvalue weighted by molar-refractivity contribution is -0.384. The molecule has 2 rings (SSSR count). The van der Waals surface area contributed by atoms with Crippen LogP contribution in [0.5, 0.6) is 0 Å². The second kappa shape index (κ2) is 5.52. The number of benzene rings is 2. The van der Waals surface area contributed by atoms with E-state index in [4.69, 9.17) is 0 Å². The van der Waals surface area contributed by atoms with E-state index in [1.165, 1.54) is 19.1 Å². The van der Waals surface area contributed by atoms with Crippen LogP contribution in [0.15, 0.2) is 42.5 Å². The Balaban J connectivity index is 2.28. The molecule has 0 saturated carbocycles. The van der Waals surface area contributed by atoms with E-state index in [0.717, 1.165) is 16.9 Å². The van der Waals surface area contributed by atoms with Gasteiger partial charge in [-0.2, -0.15) is 0 Å². The number of hydrogen-bond acceptors (Lipinski definition) is 4. The SMILES string of the molecule is CC(=O)c1cccc(Nc2ccc([N+](=O)[O-])cc2C)c1. The van der Waals surface area contributed by atoms with Gasteiger partial charge in [0.1, 0.15) is 0 Å². The molecule has 0 bridgehead atoms. The van der Waals surface area contributed by atoms with Gasteiger partial charge >= 0.3 is 0 Å². The number of rotatable bonds is 4. The minimum Gasteiger partial charge on any atom is -0.355 e. The second-order valence-corrected chi connectivity index (χ2v) is 4.52. The Morgan fingerprint density at radius 3 is 2.55 bits per heavy atom. The predicted octanol–water partition coefficient (Wildman–Crippen LogP) is 3.85. The van der Waals surface area contributed by atoms with Crippen molar-refractivity contribution in [3.8, 4) is 0 Å². The molecule has 5 nitrogen and oxygen atoms in total. The maximum Gasteiger partial charge on any atom is 0.269 e. The highest BCUT2D eigenvalue weighted by atomic mass is 16.6. The van der Waals surface area contributed by atoms with Crippen molar-refractivity contribution in [3.63, 3.8) is 0 Å². The van der Waals surface area contributed by atoms with Crippen LogP contribution in [-0.4, -0.2) is 10.7 Å². The van der Waals surface area contributed by atoms with Crippen LogP contribution >= 0.6 is 0 Å². The van der Waals surface area contributed by atoms with Crippen LogP contribution in [0.1, 0.15) is 22.8 Å². The monoisotopic (exact) mass is 270 g/mol. The van der Waals surface area contributed by atoms with Crippen molar-refractivity contribution in [2.75, 3.05) is 5.32 Å². The zero-order valence-electron chi connectivity index (χ0n) is 11.2. The summed E-state index contributed by atoms with van der Waals surface area (Å²) >= 11 is 0. The molecule has 0 unspecified atom stereocenters. The largest absolute Gasteiger partial charge is 0.355 e. The number of non-ortho nitro benzene ring substituents is 1. The quantitative estimate of drug-likeness (QED) is 0.520. The maximum atomic E-state index is 11.3. The maximum absolute atomic E-state index is 11.3. The minimum absolute atomic E-state index is 0.00549. The Morgan fingerprint density at radius 2 is 1.95 bits per heavy atom. The molecule has 0 aliphatic heterocycles. The lowest BCUT2D eigenvalue weighted by Crippen LogP contribution is -1.97. The first kappa shape index (κ1) is 13.7. The van der Waals surface area contributed by atoms with Crippen LogP contribution in [0.3, 0.4) is 0 Å². The summed E-state index contributed by atoms with van der Waals surface area (Å²) in [6.07, 6.45) is 0. The number of hydrogen-bond donors (Lipinski definition) is 1. The average molecular weight is 270 g/mol. The molecule has 102 valence electrons. The molecule has 0 amide bonds. The van der Waals surface area contributed by atoms with Gasteiger partial charge in [0.15, 0.2) is 5.78 Å². The van der Waals surface area contributed by atoms with Crippen molar-refractivity contribution in [1.82, 2.24) is 0 Å². The summed E-state index contributed by atoms with van der Waals surface area (Å²) in [6, 6.07) is 11.8. The Labute approximate surface area is 116 Å². The summed E-state index contributed by atoms with van der Waals surface area (Å²) in [7, 11) is 0. The number of carbonyl (C=O) groups is 1. The van der Waals surface area contributed by atoms with Gasteiger partial charge in [0, 0.05) is 29.1 Å². The number of nitro benzene ring substituents is 1. The number of Topliss-reactive ketones (excluding diaryl/α,β-unsaturated/α-hetero) is 1. The van der Waals surface area contributed by atoms with E-state index in [9.17, 15) is 14.9 Å². The van der Waals surface area contributed by atoms with Gasteiger partial charge in [-0.05, 0) is 37.6 Å². The third kappa shape index (κ3) is 3.00. The summed E-state index contributed by atoms with van der Waals surface area (Å²) in [5, 5.41) is 13.8. The molecule has 0 radical (unpaired) electrons. The van der Waals surface area contributed by atoms with Crippen molar-refractivity contribution in [1.29, 1.82) is 0 Å². The van der Waals surface area contributed by atoms with Gasteiger partial charge in [0.05, 0.1) is 4.92 Å². The number of ketones is 1. The first-order valence-electron chi connectivity index (χ1n) is 6.10. The Morgan fingerprint density at radius 1 is 1.20 bits per heavy atom. The fourth-order valence-corrected chi connectivity index (χ4v) is 1.87. The average Bonchev–Trinajstić information content (AvgIpc) is 2.41. The molecule has 0 saturated heterocycles.